The molecule has 4 rings (SSSR count). The monoisotopic (exact) mass is 731 g/mol. The standard InChI is InChI=1S/C40H53N5O8/c1-39(2,3)34(44-37(49)52-25-29-22-28-18-13-19-42-36(28)53-29)35(48)43-30(20-26-14-9-7-10-15-26)32(46)23-41-24-33(47)31(21-27-16-11-8-12-17-27)45(38(50)51)40(4,5)6/h7-19,22,30-34,41,46-47H,20-21,23-25H2,1-6H3,(H,43,48)(H,44,49)(H,50,51)/t30-,31-,32+,33+,34+/m0/s1. The Labute approximate surface area is 310 Å². The van der Waals surface area contributed by atoms with Gasteiger partial charge in [0.25, 0.3) is 0 Å². The molecule has 4 aromatic rings. The van der Waals surface area contributed by atoms with Crippen LogP contribution in [0.2, 0.25) is 0 Å². The SMILES string of the molecule is CC(C)(C)[C@H](NC(=O)OCc1cc2cccnc2o1)C(=O)N[C@@H](Cc1ccccc1)[C@H](O)CNC[C@@H](O)[C@H](Cc1ccccc1)N(C(=O)O)C(C)(C)C. The third-order valence-electron chi connectivity index (χ3n) is 8.87. The Morgan fingerprint density at radius 2 is 1.43 bits per heavy atom. The Hall–Kier alpha value is -4.98. The maximum absolute atomic E-state index is 13.9. The van der Waals surface area contributed by atoms with Gasteiger partial charge >= 0.3 is 12.2 Å². The number of aliphatic hydroxyl groups excluding tert-OH is 2. The minimum Gasteiger partial charge on any atom is -0.465 e. The van der Waals surface area contributed by atoms with Crippen molar-refractivity contribution in [3.8, 4) is 0 Å². The van der Waals surface area contributed by atoms with Crippen LogP contribution < -0.4 is 16.0 Å². The number of amides is 3. The lowest BCUT2D eigenvalue weighted by molar-refractivity contribution is -0.127. The third-order valence-corrected chi connectivity index (χ3v) is 8.87. The van der Waals surface area contributed by atoms with Crippen LogP contribution in [0.1, 0.15) is 58.4 Å². The molecule has 0 spiro atoms. The smallest absolute Gasteiger partial charge is 0.408 e. The molecule has 2 aromatic carbocycles. The van der Waals surface area contributed by atoms with Gasteiger partial charge in [-0.1, -0.05) is 81.4 Å². The lowest BCUT2D eigenvalue weighted by atomic mass is 9.85. The van der Waals surface area contributed by atoms with Gasteiger partial charge in [-0.2, -0.15) is 0 Å². The van der Waals surface area contributed by atoms with E-state index in [9.17, 15) is 29.7 Å². The van der Waals surface area contributed by atoms with Gasteiger partial charge in [0.05, 0.1) is 24.3 Å². The molecular weight excluding hydrogens is 678 g/mol. The lowest BCUT2D eigenvalue weighted by Crippen LogP contribution is -2.59. The van der Waals surface area contributed by atoms with Gasteiger partial charge in [-0.15, -0.1) is 0 Å². The molecule has 0 aliphatic rings. The van der Waals surface area contributed by atoms with Crippen LogP contribution in [-0.2, 0) is 29.0 Å². The van der Waals surface area contributed by atoms with Crippen LogP contribution in [-0.4, -0.2) is 92.3 Å². The summed E-state index contributed by atoms with van der Waals surface area (Å²) in [6, 6.07) is 21.4. The van der Waals surface area contributed by atoms with Crippen LogP contribution >= 0.6 is 0 Å². The first-order valence-electron chi connectivity index (χ1n) is 17.8. The van der Waals surface area contributed by atoms with E-state index in [1.54, 1.807) is 59.9 Å². The number of furan rings is 1. The second-order valence-corrected chi connectivity index (χ2v) is 15.3. The fourth-order valence-corrected chi connectivity index (χ4v) is 6.22. The van der Waals surface area contributed by atoms with Gasteiger partial charge in [-0.3, -0.25) is 9.69 Å². The number of benzene rings is 2. The zero-order chi connectivity index (χ0) is 38.8. The Kier molecular flexibility index (Phi) is 14.0. The molecule has 0 saturated carbocycles. The highest BCUT2D eigenvalue weighted by molar-refractivity contribution is 5.86. The average Bonchev–Trinajstić information content (AvgIpc) is 3.52. The molecule has 3 amide bonds. The summed E-state index contributed by atoms with van der Waals surface area (Å²) in [5, 5.41) is 42.5. The van der Waals surface area contributed by atoms with Gasteiger partial charge < -0.3 is 40.4 Å². The van der Waals surface area contributed by atoms with E-state index in [4.69, 9.17) is 9.15 Å². The molecule has 0 saturated heterocycles. The van der Waals surface area contributed by atoms with E-state index >= 15 is 0 Å². The lowest BCUT2D eigenvalue weighted by Gasteiger charge is -2.42. The predicted molar refractivity (Wildman–Crippen MR) is 201 cm³/mol. The van der Waals surface area contributed by atoms with Crippen LogP contribution in [0, 0.1) is 5.41 Å². The van der Waals surface area contributed by atoms with Crippen molar-refractivity contribution in [2.24, 2.45) is 5.41 Å². The number of ether oxygens (including phenoxy) is 1. The first kappa shape index (κ1) is 40.8. The molecule has 13 nitrogen and oxygen atoms in total. The third kappa shape index (κ3) is 12.0. The van der Waals surface area contributed by atoms with E-state index in [2.05, 4.69) is 20.9 Å². The Morgan fingerprint density at radius 3 is 2.00 bits per heavy atom. The number of aromatic nitrogens is 1. The van der Waals surface area contributed by atoms with E-state index in [1.165, 1.54) is 4.90 Å². The molecule has 13 heteroatoms. The normalized spacial score (nSPS) is 14.8. The number of pyridine rings is 1. The van der Waals surface area contributed by atoms with Gasteiger partial charge in [0.2, 0.25) is 11.6 Å². The van der Waals surface area contributed by atoms with Crippen molar-refractivity contribution < 1.29 is 38.9 Å². The van der Waals surface area contributed by atoms with Crippen molar-refractivity contribution in [2.45, 2.75) is 96.9 Å². The molecule has 2 aromatic heterocycles. The minimum absolute atomic E-state index is 0.0280. The molecule has 0 fully saturated rings. The second-order valence-electron chi connectivity index (χ2n) is 15.3. The van der Waals surface area contributed by atoms with Gasteiger partial charge in [-0.25, -0.2) is 14.6 Å². The summed E-state index contributed by atoms with van der Waals surface area (Å²) in [6.45, 7) is 10.5. The highest BCUT2D eigenvalue weighted by Crippen LogP contribution is 2.24. The maximum Gasteiger partial charge on any atom is 0.408 e. The number of hydrogen-bond donors (Lipinski definition) is 6. The fraction of sp³-hybridized carbons (Fsp3) is 0.450. The van der Waals surface area contributed by atoms with Gasteiger partial charge in [0, 0.05) is 30.2 Å². The van der Waals surface area contributed by atoms with Crippen molar-refractivity contribution in [1.82, 2.24) is 25.8 Å². The van der Waals surface area contributed by atoms with Crippen molar-refractivity contribution in [2.75, 3.05) is 13.1 Å². The summed E-state index contributed by atoms with van der Waals surface area (Å²) in [4.78, 5) is 44.6. The molecular formula is C40H53N5O8. The number of carboxylic acid groups (broad SMARTS) is 1. The van der Waals surface area contributed by atoms with Gasteiger partial charge in [-0.05, 0) is 68.4 Å². The van der Waals surface area contributed by atoms with E-state index in [0.717, 1.165) is 16.5 Å². The zero-order valence-electron chi connectivity index (χ0n) is 31.3. The van der Waals surface area contributed by atoms with Gasteiger partial charge in [0.15, 0.2) is 6.61 Å². The highest BCUT2D eigenvalue weighted by atomic mass is 16.6. The number of hydrogen-bond acceptors (Lipinski definition) is 9. The molecule has 0 radical (unpaired) electrons. The molecule has 53 heavy (non-hydrogen) atoms. The van der Waals surface area contributed by atoms with Crippen molar-refractivity contribution in [3.63, 3.8) is 0 Å². The topological polar surface area (TPSA) is 186 Å². The van der Waals surface area contributed by atoms with Crippen LogP contribution in [0.25, 0.3) is 11.1 Å². The Morgan fingerprint density at radius 1 is 0.830 bits per heavy atom. The molecule has 0 aliphatic heterocycles. The van der Waals surface area contributed by atoms with Crippen molar-refractivity contribution in [1.29, 1.82) is 0 Å². The largest absolute Gasteiger partial charge is 0.465 e. The number of carbonyl (C=O) groups is 3. The van der Waals surface area contributed by atoms with Crippen molar-refractivity contribution in [3.05, 3.63) is 102 Å². The van der Waals surface area contributed by atoms with E-state index in [0.29, 0.717) is 11.5 Å². The van der Waals surface area contributed by atoms with Gasteiger partial charge in [0.1, 0.15) is 11.8 Å². The number of carbonyl (C=O) groups excluding carboxylic acids is 2. The highest BCUT2D eigenvalue weighted by Gasteiger charge is 2.38. The first-order chi connectivity index (χ1) is 25.0. The number of nitrogens with zero attached hydrogens (tertiary/aromatic N) is 2. The predicted octanol–water partition coefficient (Wildman–Crippen LogP) is 4.90. The maximum atomic E-state index is 13.9. The van der Waals surface area contributed by atoms with E-state index in [-0.39, 0.29) is 32.5 Å². The average molecular weight is 732 g/mol. The number of alkyl carbamates (subject to hydrolysis) is 1. The number of rotatable bonds is 16. The number of fused-ring (bicyclic) bond motifs is 1. The van der Waals surface area contributed by atoms with E-state index in [1.807, 2.05) is 66.7 Å². The van der Waals surface area contributed by atoms with Crippen LogP contribution in [0.4, 0.5) is 9.59 Å². The summed E-state index contributed by atoms with van der Waals surface area (Å²) in [7, 11) is 0. The number of nitrogens with one attached hydrogen (secondary N) is 3. The zero-order valence-corrected chi connectivity index (χ0v) is 31.3. The van der Waals surface area contributed by atoms with Crippen LogP contribution in [0.5, 0.6) is 0 Å². The van der Waals surface area contributed by atoms with Crippen LogP contribution in [0.3, 0.4) is 0 Å². The second kappa shape index (κ2) is 18.2. The molecule has 0 aliphatic carbocycles. The molecule has 2 heterocycles. The Bertz CT molecular complexity index is 1740. The van der Waals surface area contributed by atoms with Crippen molar-refractivity contribution >= 4 is 29.2 Å². The summed E-state index contributed by atoms with van der Waals surface area (Å²) >= 11 is 0. The molecule has 6 N–H and O–H groups in total. The summed E-state index contributed by atoms with van der Waals surface area (Å²) in [5.41, 5.74) is 0.613. The molecule has 5 atom stereocenters. The van der Waals surface area contributed by atoms with Crippen LogP contribution in [0.15, 0.2) is 89.5 Å². The minimum atomic E-state index is -1.15. The molecule has 286 valence electrons. The first-order valence-corrected chi connectivity index (χ1v) is 17.8. The summed E-state index contributed by atoms with van der Waals surface area (Å²) < 4.78 is 11.0. The summed E-state index contributed by atoms with van der Waals surface area (Å²) in [6.07, 6.45) is -2.08. The summed E-state index contributed by atoms with van der Waals surface area (Å²) in [5.74, 6) is -0.123. The van der Waals surface area contributed by atoms with E-state index < -0.39 is 59.4 Å². The fourth-order valence-electron chi connectivity index (χ4n) is 6.22. The number of aliphatic hydroxyl groups is 2. The molecule has 0 unspecified atom stereocenters. The molecule has 0 bridgehead atoms. The quantitative estimate of drug-likeness (QED) is 0.0926. The Balaban J connectivity index is 1.43.